The normalized spacial score (nSPS) is 16.9. The first kappa shape index (κ1) is 16.8. The van der Waals surface area contributed by atoms with E-state index in [1.165, 1.54) is 0 Å². The molecule has 1 aliphatic rings. The van der Waals surface area contributed by atoms with Gasteiger partial charge in [-0.1, -0.05) is 0 Å². The number of amides is 2. The highest BCUT2D eigenvalue weighted by Crippen LogP contribution is 2.19. The molecule has 0 unspecified atom stereocenters. The molecule has 116 valence electrons. The van der Waals surface area contributed by atoms with Gasteiger partial charge in [0.25, 0.3) is 0 Å². The first-order valence-electron chi connectivity index (χ1n) is 7.21. The number of likely N-dealkylation sites (tertiary alicyclic amines) is 1. The fourth-order valence-electron chi connectivity index (χ4n) is 2.12. The van der Waals surface area contributed by atoms with Crippen LogP contribution in [0.5, 0.6) is 0 Å². The number of piperidine rings is 1. The largest absolute Gasteiger partial charge is 0.444 e. The van der Waals surface area contributed by atoms with Crippen molar-refractivity contribution in [1.29, 1.82) is 0 Å². The smallest absolute Gasteiger partial charge is 0.410 e. The van der Waals surface area contributed by atoms with Crippen LogP contribution in [-0.2, 0) is 9.53 Å². The third-order valence-electron chi connectivity index (χ3n) is 3.26. The Morgan fingerprint density at radius 1 is 1.25 bits per heavy atom. The second-order valence-electron chi connectivity index (χ2n) is 6.21. The number of carbonyl (C=O) groups is 2. The third kappa shape index (κ3) is 6.23. The van der Waals surface area contributed by atoms with Gasteiger partial charge in [0.05, 0.1) is 6.54 Å². The molecule has 0 atom stereocenters. The van der Waals surface area contributed by atoms with Gasteiger partial charge < -0.3 is 20.3 Å². The quantitative estimate of drug-likeness (QED) is 0.807. The van der Waals surface area contributed by atoms with E-state index in [2.05, 4.69) is 10.6 Å². The molecular weight excluding hydrogens is 258 g/mol. The average Bonchev–Trinajstić information content (AvgIpc) is 2.37. The van der Waals surface area contributed by atoms with Crippen LogP contribution in [-0.4, -0.2) is 55.7 Å². The van der Waals surface area contributed by atoms with Crippen LogP contribution in [0.25, 0.3) is 0 Å². The third-order valence-corrected chi connectivity index (χ3v) is 3.26. The fraction of sp³-hybridized carbons (Fsp3) is 0.857. The molecule has 0 saturated carbocycles. The predicted octanol–water partition coefficient (Wildman–Crippen LogP) is 0.969. The van der Waals surface area contributed by atoms with Crippen LogP contribution in [0.3, 0.4) is 0 Å². The highest BCUT2D eigenvalue weighted by atomic mass is 16.6. The van der Waals surface area contributed by atoms with Crippen LogP contribution in [0, 0.1) is 5.92 Å². The molecule has 0 aliphatic carbocycles. The molecule has 0 radical (unpaired) electrons. The number of ether oxygens (including phenoxy) is 1. The molecule has 2 N–H and O–H groups in total. The number of nitrogens with zero attached hydrogens (tertiary/aromatic N) is 1. The Kier molecular flexibility index (Phi) is 6.26. The maximum Gasteiger partial charge on any atom is 0.410 e. The lowest BCUT2D eigenvalue weighted by Gasteiger charge is -2.33. The number of hydrogen-bond acceptors (Lipinski definition) is 4. The molecular formula is C14H27N3O3. The summed E-state index contributed by atoms with van der Waals surface area (Å²) in [5.74, 6) is 0.509. The predicted molar refractivity (Wildman–Crippen MR) is 77.5 cm³/mol. The van der Waals surface area contributed by atoms with E-state index in [4.69, 9.17) is 4.74 Å². The Balaban J connectivity index is 2.23. The Hall–Kier alpha value is -1.30. The summed E-state index contributed by atoms with van der Waals surface area (Å²) >= 11 is 0. The minimum Gasteiger partial charge on any atom is -0.444 e. The molecule has 1 saturated heterocycles. The number of nitrogens with one attached hydrogen (secondary N) is 2. The van der Waals surface area contributed by atoms with Crippen molar-refractivity contribution >= 4 is 12.0 Å². The lowest BCUT2D eigenvalue weighted by molar-refractivity contribution is -0.119. The summed E-state index contributed by atoms with van der Waals surface area (Å²) in [6.07, 6.45) is 1.66. The average molecular weight is 285 g/mol. The van der Waals surface area contributed by atoms with E-state index >= 15 is 0 Å². The highest BCUT2D eigenvalue weighted by Gasteiger charge is 2.26. The van der Waals surface area contributed by atoms with Gasteiger partial charge in [0.2, 0.25) is 5.91 Å². The second kappa shape index (κ2) is 7.47. The van der Waals surface area contributed by atoms with Crippen molar-refractivity contribution in [3.05, 3.63) is 0 Å². The van der Waals surface area contributed by atoms with Crippen LogP contribution in [0.15, 0.2) is 0 Å². The highest BCUT2D eigenvalue weighted by molar-refractivity contribution is 5.77. The Labute approximate surface area is 121 Å². The number of hydrogen-bond donors (Lipinski definition) is 2. The molecule has 0 aromatic carbocycles. The van der Waals surface area contributed by atoms with Gasteiger partial charge in [-0.2, -0.15) is 0 Å². The molecule has 1 aliphatic heterocycles. The maximum atomic E-state index is 11.9. The van der Waals surface area contributed by atoms with Gasteiger partial charge in [-0.05, 0) is 46.1 Å². The summed E-state index contributed by atoms with van der Waals surface area (Å²) in [5.41, 5.74) is -0.441. The molecule has 6 nitrogen and oxygen atoms in total. The van der Waals surface area contributed by atoms with Gasteiger partial charge in [-0.25, -0.2) is 4.79 Å². The first-order chi connectivity index (χ1) is 9.31. The summed E-state index contributed by atoms with van der Waals surface area (Å²) in [4.78, 5) is 24.7. The van der Waals surface area contributed by atoms with Gasteiger partial charge in [-0.3, -0.25) is 4.79 Å². The topological polar surface area (TPSA) is 70.7 Å². The van der Waals surface area contributed by atoms with Crippen molar-refractivity contribution in [3.63, 3.8) is 0 Å². The molecule has 0 aromatic rings. The van der Waals surface area contributed by atoms with Gasteiger partial charge in [-0.15, -0.1) is 0 Å². The lowest BCUT2D eigenvalue weighted by atomic mass is 9.97. The molecule has 2 amide bonds. The van der Waals surface area contributed by atoms with Crippen LogP contribution < -0.4 is 10.6 Å². The lowest BCUT2D eigenvalue weighted by Crippen LogP contribution is -2.44. The molecule has 1 fully saturated rings. The van der Waals surface area contributed by atoms with Gasteiger partial charge in [0.1, 0.15) is 5.60 Å². The van der Waals surface area contributed by atoms with Crippen LogP contribution in [0.4, 0.5) is 4.79 Å². The van der Waals surface area contributed by atoms with Crippen molar-refractivity contribution in [3.8, 4) is 0 Å². The van der Waals surface area contributed by atoms with Gasteiger partial charge >= 0.3 is 6.09 Å². The maximum absolute atomic E-state index is 11.9. The standard InChI is InChI=1S/C14H27N3O3/c1-14(2,3)20-13(19)17-7-5-11(6-8-17)9-16-10-12(18)15-4/h11,16H,5-10H2,1-4H3,(H,15,18). The molecule has 1 rings (SSSR count). The molecule has 0 spiro atoms. The van der Waals surface area contributed by atoms with E-state index in [1.54, 1.807) is 11.9 Å². The Morgan fingerprint density at radius 2 is 1.85 bits per heavy atom. The number of rotatable bonds is 4. The zero-order chi connectivity index (χ0) is 15.2. The minimum atomic E-state index is -0.441. The van der Waals surface area contributed by atoms with E-state index in [0.29, 0.717) is 12.5 Å². The van der Waals surface area contributed by atoms with E-state index in [-0.39, 0.29) is 12.0 Å². The molecule has 20 heavy (non-hydrogen) atoms. The van der Waals surface area contributed by atoms with Crippen molar-refractivity contribution in [1.82, 2.24) is 15.5 Å². The zero-order valence-electron chi connectivity index (χ0n) is 13.0. The van der Waals surface area contributed by atoms with E-state index in [0.717, 1.165) is 32.5 Å². The number of likely N-dealkylation sites (N-methyl/N-ethyl adjacent to an activating group) is 1. The van der Waals surface area contributed by atoms with Crippen molar-refractivity contribution in [2.24, 2.45) is 5.92 Å². The van der Waals surface area contributed by atoms with Crippen molar-refractivity contribution in [2.75, 3.05) is 33.2 Å². The Morgan fingerprint density at radius 3 is 2.35 bits per heavy atom. The summed E-state index contributed by atoms with van der Waals surface area (Å²) in [5, 5.41) is 5.72. The Bertz CT molecular complexity index is 331. The second-order valence-corrected chi connectivity index (χ2v) is 6.21. The van der Waals surface area contributed by atoms with E-state index in [1.807, 2.05) is 20.8 Å². The molecule has 6 heteroatoms. The monoisotopic (exact) mass is 285 g/mol. The number of carbonyl (C=O) groups excluding carboxylic acids is 2. The molecule has 1 heterocycles. The SMILES string of the molecule is CNC(=O)CNCC1CCN(C(=O)OC(C)(C)C)CC1. The summed E-state index contributed by atoms with van der Waals surface area (Å²) in [6, 6.07) is 0. The summed E-state index contributed by atoms with van der Waals surface area (Å²) < 4.78 is 5.36. The van der Waals surface area contributed by atoms with Crippen molar-refractivity contribution < 1.29 is 14.3 Å². The molecule has 0 aromatic heterocycles. The van der Waals surface area contributed by atoms with Gasteiger partial charge in [0.15, 0.2) is 0 Å². The van der Waals surface area contributed by atoms with Crippen LogP contribution in [0.2, 0.25) is 0 Å². The zero-order valence-corrected chi connectivity index (χ0v) is 13.0. The van der Waals surface area contributed by atoms with E-state index < -0.39 is 5.60 Å². The first-order valence-corrected chi connectivity index (χ1v) is 7.21. The van der Waals surface area contributed by atoms with E-state index in [9.17, 15) is 9.59 Å². The fourth-order valence-corrected chi connectivity index (χ4v) is 2.12. The van der Waals surface area contributed by atoms with Crippen LogP contribution >= 0.6 is 0 Å². The van der Waals surface area contributed by atoms with Crippen LogP contribution in [0.1, 0.15) is 33.6 Å². The summed E-state index contributed by atoms with van der Waals surface area (Å²) in [7, 11) is 1.63. The summed E-state index contributed by atoms with van der Waals surface area (Å²) in [6.45, 7) is 8.24. The van der Waals surface area contributed by atoms with Crippen molar-refractivity contribution in [2.45, 2.75) is 39.2 Å². The minimum absolute atomic E-state index is 0.00353. The van der Waals surface area contributed by atoms with Gasteiger partial charge in [0, 0.05) is 20.1 Å². The molecule has 0 bridgehead atoms.